The summed E-state index contributed by atoms with van der Waals surface area (Å²) in [6.07, 6.45) is 2.23. The summed E-state index contributed by atoms with van der Waals surface area (Å²) < 4.78 is 30.4. The van der Waals surface area contributed by atoms with Crippen LogP contribution < -0.4 is 5.32 Å². The summed E-state index contributed by atoms with van der Waals surface area (Å²) in [5.74, 6) is 1.02. The van der Waals surface area contributed by atoms with Crippen molar-refractivity contribution in [1.29, 1.82) is 0 Å². The summed E-state index contributed by atoms with van der Waals surface area (Å²) in [5.41, 5.74) is 0. The number of carbonyl (C=O) groups is 1. The molecule has 9 nitrogen and oxygen atoms in total. The van der Waals surface area contributed by atoms with E-state index in [1.54, 1.807) is 21.0 Å². The molecule has 1 atom stereocenters. The van der Waals surface area contributed by atoms with E-state index in [0.29, 0.717) is 39.2 Å². The summed E-state index contributed by atoms with van der Waals surface area (Å²) in [6, 6.07) is 0. The minimum atomic E-state index is -3.13. The number of guanidine groups is 1. The van der Waals surface area contributed by atoms with Crippen molar-refractivity contribution in [2.75, 3.05) is 65.7 Å². The predicted molar refractivity (Wildman–Crippen MR) is 105 cm³/mol. The van der Waals surface area contributed by atoms with Crippen molar-refractivity contribution in [2.24, 2.45) is 4.99 Å². The SMILES string of the molecule is CCS(=O)(=O)N(C)CCCNC(=NC)N1CCN(C(=O)C2CCCO2)CC1. The van der Waals surface area contributed by atoms with Crippen LogP contribution in [0.2, 0.25) is 0 Å². The fraction of sp³-hybridized carbons (Fsp3) is 0.882. The van der Waals surface area contributed by atoms with Crippen molar-refractivity contribution in [3.63, 3.8) is 0 Å². The van der Waals surface area contributed by atoms with Crippen LogP contribution in [0.3, 0.4) is 0 Å². The monoisotopic (exact) mass is 403 g/mol. The lowest BCUT2D eigenvalue weighted by atomic mass is 10.2. The van der Waals surface area contributed by atoms with E-state index < -0.39 is 10.0 Å². The first kappa shape index (κ1) is 21.9. The van der Waals surface area contributed by atoms with Gasteiger partial charge in [0.1, 0.15) is 6.10 Å². The third-order valence-electron chi connectivity index (χ3n) is 5.08. The molecule has 0 aromatic heterocycles. The largest absolute Gasteiger partial charge is 0.368 e. The molecule has 2 aliphatic rings. The summed E-state index contributed by atoms with van der Waals surface area (Å²) >= 11 is 0. The third-order valence-corrected chi connectivity index (χ3v) is 6.94. The van der Waals surface area contributed by atoms with Crippen molar-refractivity contribution >= 4 is 21.9 Å². The second-order valence-electron chi connectivity index (χ2n) is 6.86. The molecule has 0 aromatic rings. The van der Waals surface area contributed by atoms with Gasteiger partial charge in [0.2, 0.25) is 10.0 Å². The van der Waals surface area contributed by atoms with E-state index in [0.717, 1.165) is 31.9 Å². The molecule has 1 amide bonds. The van der Waals surface area contributed by atoms with Gasteiger partial charge in [-0.25, -0.2) is 12.7 Å². The van der Waals surface area contributed by atoms with Gasteiger partial charge in [-0.2, -0.15) is 0 Å². The Bertz CT molecular complexity index is 611. The van der Waals surface area contributed by atoms with Crippen molar-refractivity contribution in [1.82, 2.24) is 19.4 Å². The van der Waals surface area contributed by atoms with Crippen LogP contribution in [0, 0.1) is 0 Å². The Hall–Kier alpha value is -1.39. The standard InChI is InChI=1S/C17H33N5O4S/c1-4-27(24,25)20(3)9-6-8-19-17(18-2)22-12-10-21(11-13-22)16(23)15-7-5-14-26-15/h15H,4-14H2,1-3H3,(H,18,19). The smallest absolute Gasteiger partial charge is 0.251 e. The molecule has 2 saturated heterocycles. The van der Waals surface area contributed by atoms with Crippen LogP contribution in [0.15, 0.2) is 4.99 Å². The van der Waals surface area contributed by atoms with Gasteiger partial charge in [-0.05, 0) is 26.2 Å². The number of rotatable bonds is 7. The molecule has 1 N–H and O–H groups in total. The number of piperazine rings is 1. The number of aliphatic imine (C=N–C) groups is 1. The first-order valence-electron chi connectivity index (χ1n) is 9.69. The number of sulfonamides is 1. The summed E-state index contributed by atoms with van der Waals surface area (Å²) in [4.78, 5) is 20.7. The zero-order valence-corrected chi connectivity index (χ0v) is 17.5. The highest BCUT2D eigenvalue weighted by Gasteiger charge is 2.30. The Labute approximate surface area is 162 Å². The number of carbonyl (C=O) groups excluding carboxylic acids is 1. The number of hydrogen-bond acceptors (Lipinski definition) is 5. The molecule has 0 spiro atoms. The highest BCUT2D eigenvalue weighted by molar-refractivity contribution is 7.89. The molecular formula is C17H33N5O4S. The van der Waals surface area contributed by atoms with Crippen LogP contribution in [0.5, 0.6) is 0 Å². The summed E-state index contributed by atoms with van der Waals surface area (Å²) in [5, 5.41) is 3.29. The molecule has 1 unspecified atom stereocenters. The topological polar surface area (TPSA) is 94.5 Å². The van der Waals surface area contributed by atoms with Crippen molar-refractivity contribution in [3.8, 4) is 0 Å². The lowest BCUT2D eigenvalue weighted by Gasteiger charge is -2.37. The van der Waals surface area contributed by atoms with E-state index in [1.807, 2.05) is 4.90 Å². The van der Waals surface area contributed by atoms with E-state index in [2.05, 4.69) is 15.2 Å². The predicted octanol–water partition coefficient (Wildman–Crippen LogP) is -0.443. The Morgan fingerprint density at radius 1 is 1.26 bits per heavy atom. The van der Waals surface area contributed by atoms with Gasteiger partial charge < -0.3 is 19.9 Å². The molecule has 0 aromatic carbocycles. The lowest BCUT2D eigenvalue weighted by molar-refractivity contribution is -0.142. The third kappa shape index (κ3) is 6.05. The first-order valence-corrected chi connectivity index (χ1v) is 11.3. The first-order chi connectivity index (χ1) is 12.9. The number of nitrogens with zero attached hydrogens (tertiary/aromatic N) is 4. The van der Waals surface area contributed by atoms with Crippen LogP contribution in [-0.2, 0) is 19.6 Å². The maximum atomic E-state index is 12.4. The number of amides is 1. The minimum Gasteiger partial charge on any atom is -0.368 e. The van der Waals surface area contributed by atoms with Crippen LogP contribution in [0.4, 0.5) is 0 Å². The van der Waals surface area contributed by atoms with Gasteiger partial charge in [-0.3, -0.25) is 9.79 Å². The van der Waals surface area contributed by atoms with Gasteiger partial charge in [-0.1, -0.05) is 0 Å². The van der Waals surface area contributed by atoms with Crippen molar-refractivity contribution < 1.29 is 17.9 Å². The number of nitrogens with one attached hydrogen (secondary N) is 1. The summed E-state index contributed by atoms with van der Waals surface area (Å²) in [6.45, 7) is 6.23. The van der Waals surface area contributed by atoms with Gasteiger partial charge in [0, 0.05) is 60.0 Å². The van der Waals surface area contributed by atoms with Gasteiger partial charge in [0.25, 0.3) is 5.91 Å². The molecule has 0 bridgehead atoms. The zero-order valence-electron chi connectivity index (χ0n) is 16.7. The van der Waals surface area contributed by atoms with E-state index in [4.69, 9.17) is 4.74 Å². The van der Waals surface area contributed by atoms with E-state index in [1.165, 1.54) is 4.31 Å². The van der Waals surface area contributed by atoms with Gasteiger partial charge >= 0.3 is 0 Å². The van der Waals surface area contributed by atoms with Gasteiger partial charge in [0.05, 0.1) is 5.75 Å². The van der Waals surface area contributed by atoms with Gasteiger partial charge in [-0.15, -0.1) is 0 Å². The average Bonchev–Trinajstić information content (AvgIpc) is 3.22. The fourth-order valence-corrected chi connectivity index (χ4v) is 4.16. The lowest BCUT2D eigenvalue weighted by Crippen LogP contribution is -2.55. The van der Waals surface area contributed by atoms with E-state index in [-0.39, 0.29) is 17.8 Å². The van der Waals surface area contributed by atoms with Crippen LogP contribution in [0.25, 0.3) is 0 Å². The normalized spacial score (nSPS) is 21.8. The Morgan fingerprint density at radius 3 is 2.48 bits per heavy atom. The highest BCUT2D eigenvalue weighted by atomic mass is 32.2. The van der Waals surface area contributed by atoms with E-state index >= 15 is 0 Å². The molecule has 0 radical (unpaired) electrons. The molecule has 156 valence electrons. The van der Waals surface area contributed by atoms with Crippen LogP contribution in [-0.4, -0.2) is 106 Å². The molecule has 0 aliphatic carbocycles. The maximum absolute atomic E-state index is 12.4. The molecule has 2 fully saturated rings. The second-order valence-corrected chi connectivity index (χ2v) is 9.23. The minimum absolute atomic E-state index is 0.107. The quantitative estimate of drug-likeness (QED) is 0.352. The van der Waals surface area contributed by atoms with Gasteiger partial charge in [0.15, 0.2) is 5.96 Å². The van der Waals surface area contributed by atoms with E-state index in [9.17, 15) is 13.2 Å². The number of hydrogen-bond donors (Lipinski definition) is 1. The molecule has 2 aliphatic heterocycles. The van der Waals surface area contributed by atoms with Crippen molar-refractivity contribution in [3.05, 3.63) is 0 Å². The van der Waals surface area contributed by atoms with Crippen LogP contribution in [0.1, 0.15) is 26.2 Å². The summed E-state index contributed by atoms with van der Waals surface area (Å²) in [7, 11) is 0.216. The second kappa shape index (κ2) is 10.2. The Kier molecular flexibility index (Phi) is 8.30. The molecule has 0 saturated carbocycles. The average molecular weight is 404 g/mol. The highest BCUT2D eigenvalue weighted by Crippen LogP contribution is 2.16. The molecular weight excluding hydrogens is 370 g/mol. The Balaban J connectivity index is 1.71. The number of ether oxygens (including phenoxy) is 1. The molecule has 10 heteroatoms. The fourth-order valence-electron chi connectivity index (χ4n) is 3.31. The maximum Gasteiger partial charge on any atom is 0.251 e. The molecule has 27 heavy (non-hydrogen) atoms. The zero-order chi connectivity index (χ0) is 19.9. The molecule has 2 heterocycles. The molecule has 2 rings (SSSR count). The Morgan fingerprint density at radius 2 is 1.93 bits per heavy atom. The van der Waals surface area contributed by atoms with Crippen LogP contribution >= 0.6 is 0 Å². The van der Waals surface area contributed by atoms with Crippen molar-refractivity contribution in [2.45, 2.75) is 32.3 Å².